The predicted molar refractivity (Wildman–Crippen MR) is 83.9 cm³/mol. The van der Waals surface area contributed by atoms with E-state index < -0.39 is 0 Å². The molecule has 2 aromatic carbocycles. The highest BCUT2D eigenvalue weighted by Gasteiger charge is 2.04. The van der Waals surface area contributed by atoms with Gasteiger partial charge in [0.2, 0.25) is 0 Å². The summed E-state index contributed by atoms with van der Waals surface area (Å²) in [5, 5.41) is 4.59. The van der Waals surface area contributed by atoms with Gasteiger partial charge in [0, 0.05) is 27.4 Å². The van der Waals surface area contributed by atoms with Gasteiger partial charge in [-0.15, -0.1) is 0 Å². The molecule has 0 atom stereocenters. The quantitative estimate of drug-likeness (QED) is 0.716. The van der Waals surface area contributed by atoms with Crippen molar-refractivity contribution in [2.45, 2.75) is 6.92 Å². The second-order valence-corrected chi connectivity index (χ2v) is 5.38. The first-order valence-corrected chi connectivity index (χ1v) is 6.90. The maximum atomic E-state index is 4.39. The summed E-state index contributed by atoms with van der Waals surface area (Å²) in [7, 11) is 0. The van der Waals surface area contributed by atoms with Gasteiger partial charge in [-0.25, -0.2) is 0 Å². The molecule has 0 aliphatic carbocycles. The van der Waals surface area contributed by atoms with Gasteiger partial charge in [0.15, 0.2) is 0 Å². The molecule has 0 radical (unpaired) electrons. The molecule has 19 heavy (non-hydrogen) atoms. The van der Waals surface area contributed by atoms with E-state index in [4.69, 9.17) is 0 Å². The van der Waals surface area contributed by atoms with Crippen LogP contribution in [0.3, 0.4) is 0 Å². The van der Waals surface area contributed by atoms with Crippen molar-refractivity contribution in [2.75, 3.05) is 5.32 Å². The minimum Gasteiger partial charge on any atom is -0.355 e. The van der Waals surface area contributed by atoms with Crippen LogP contribution < -0.4 is 5.32 Å². The fourth-order valence-electron chi connectivity index (χ4n) is 2.09. The number of nitrogens with zero attached hydrogens (tertiary/aromatic N) is 1. The molecule has 3 heteroatoms. The lowest BCUT2D eigenvalue weighted by Gasteiger charge is -2.11. The lowest BCUT2D eigenvalue weighted by atomic mass is 10.1. The number of halogens is 1. The van der Waals surface area contributed by atoms with E-state index in [0.29, 0.717) is 0 Å². The summed E-state index contributed by atoms with van der Waals surface area (Å²) in [5.74, 6) is 0. The van der Waals surface area contributed by atoms with Crippen LogP contribution in [0, 0.1) is 6.92 Å². The molecule has 1 N–H and O–H groups in total. The maximum absolute atomic E-state index is 4.39. The fraction of sp³-hybridized carbons (Fsp3) is 0.0625. The van der Waals surface area contributed by atoms with Crippen molar-refractivity contribution in [3.8, 4) is 0 Å². The Bertz CT molecular complexity index is 738. The van der Waals surface area contributed by atoms with Gasteiger partial charge in [0.25, 0.3) is 0 Å². The van der Waals surface area contributed by atoms with Crippen LogP contribution in [-0.4, -0.2) is 4.98 Å². The maximum Gasteiger partial charge on any atom is 0.0723 e. The van der Waals surface area contributed by atoms with Crippen LogP contribution in [-0.2, 0) is 0 Å². The fourth-order valence-corrected chi connectivity index (χ4v) is 2.45. The van der Waals surface area contributed by atoms with Gasteiger partial charge in [-0.2, -0.15) is 0 Å². The number of benzene rings is 2. The van der Waals surface area contributed by atoms with E-state index in [1.807, 2.05) is 36.5 Å². The molecule has 0 unspecified atom stereocenters. The van der Waals surface area contributed by atoms with Crippen molar-refractivity contribution in [3.63, 3.8) is 0 Å². The Kier molecular flexibility index (Phi) is 3.22. The van der Waals surface area contributed by atoms with E-state index in [0.717, 1.165) is 26.8 Å². The average molecular weight is 313 g/mol. The number of rotatable bonds is 2. The van der Waals surface area contributed by atoms with E-state index in [1.54, 1.807) is 0 Å². The number of hydrogen-bond donors (Lipinski definition) is 1. The lowest BCUT2D eigenvalue weighted by molar-refractivity contribution is 1.39. The first kappa shape index (κ1) is 12.2. The molecular formula is C16H13BrN2. The van der Waals surface area contributed by atoms with Crippen LogP contribution in [0.1, 0.15) is 5.56 Å². The number of hydrogen-bond acceptors (Lipinski definition) is 2. The number of aromatic nitrogens is 1. The first-order valence-electron chi connectivity index (χ1n) is 6.11. The number of pyridine rings is 1. The van der Waals surface area contributed by atoms with Gasteiger partial charge >= 0.3 is 0 Å². The lowest BCUT2D eigenvalue weighted by Crippen LogP contribution is -1.94. The summed E-state index contributed by atoms with van der Waals surface area (Å²) in [5.41, 5.74) is 4.40. The van der Waals surface area contributed by atoms with Gasteiger partial charge in [0.1, 0.15) is 0 Å². The highest BCUT2D eigenvalue weighted by atomic mass is 79.9. The predicted octanol–water partition coefficient (Wildman–Crippen LogP) is 5.05. The zero-order chi connectivity index (χ0) is 13.2. The van der Waals surface area contributed by atoms with Crippen molar-refractivity contribution in [3.05, 3.63) is 64.8 Å². The van der Waals surface area contributed by atoms with Crippen molar-refractivity contribution in [2.24, 2.45) is 0 Å². The third kappa shape index (κ3) is 2.47. The second kappa shape index (κ2) is 5.02. The molecule has 0 amide bonds. The smallest absolute Gasteiger partial charge is 0.0723 e. The molecule has 0 bridgehead atoms. The minimum atomic E-state index is 0.988. The van der Waals surface area contributed by atoms with E-state index in [9.17, 15) is 0 Å². The standard InChI is InChI=1S/C16H13BrN2/c1-11-4-2-3-5-14(11)19-16-8-9-18-15-7-6-12(17)10-13(15)16/h2-10H,1H3,(H,18,19). The average Bonchev–Trinajstić information content (AvgIpc) is 2.42. The van der Waals surface area contributed by atoms with Crippen molar-refractivity contribution >= 4 is 38.2 Å². The van der Waals surface area contributed by atoms with E-state index in [1.165, 1.54) is 5.56 Å². The first-order chi connectivity index (χ1) is 9.24. The molecule has 3 aromatic rings. The van der Waals surface area contributed by atoms with Gasteiger partial charge in [-0.1, -0.05) is 34.1 Å². The molecule has 0 saturated carbocycles. The Morgan fingerprint density at radius 3 is 2.68 bits per heavy atom. The molecule has 2 nitrogen and oxygen atoms in total. The highest BCUT2D eigenvalue weighted by Crippen LogP contribution is 2.28. The third-order valence-corrected chi connectivity index (χ3v) is 3.61. The Labute approximate surface area is 120 Å². The van der Waals surface area contributed by atoms with Crippen LogP contribution in [0.2, 0.25) is 0 Å². The number of nitrogens with one attached hydrogen (secondary N) is 1. The number of anilines is 2. The van der Waals surface area contributed by atoms with Crippen molar-refractivity contribution < 1.29 is 0 Å². The summed E-state index contributed by atoms with van der Waals surface area (Å²) in [6.07, 6.45) is 1.83. The summed E-state index contributed by atoms with van der Waals surface area (Å²) < 4.78 is 1.06. The summed E-state index contributed by atoms with van der Waals surface area (Å²) in [6.45, 7) is 2.10. The van der Waals surface area contributed by atoms with E-state index in [-0.39, 0.29) is 0 Å². The highest BCUT2D eigenvalue weighted by molar-refractivity contribution is 9.10. The number of aryl methyl sites for hydroxylation is 1. The van der Waals surface area contributed by atoms with Crippen LogP contribution in [0.5, 0.6) is 0 Å². The normalized spacial score (nSPS) is 10.6. The molecule has 0 saturated heterocycles. The van der Waals surface area contributed by atoms with Crippen LogP contribution in [0.15, 0.2) is 59.2 Å². The zero-order valence-corrected chi connectivity index (χ0v) is 12.1. The minimum absolute atomic E-state index is 0.988. The van der Waals surface area contributed by atoms with E-state index in [2.05, 4.69) is 51.4 Å². The van der Waals surface area contributed by atoms with Crippen LogP contribution in [0.25, 0.3) is 10.9 Å². The number of fused-ring (bicyclic) bond motifs is 1. The summed E-state index contributed by atoms with van der Waals surface area (Å²) in [4.78, 5) is 4.39. The topological polar surface area (TPSA) is 24.9 Å². The third-order valence-electron chi connectivity index (χ3n) is 3.12. The van der Waals surface area contributed by atoms with Gasteiger partial charge < -0.3 is 5.32 Å². The van der Waals surface area contributed by atoms with Gasteiger partial charge in [-0.3, -0.25) is 4.98 Å². The van der Waals surface area contributed by atoms with Crippen LogP contribution >= 0.6 is 15.9 Å². The summed E-state index contributed by atoms with van der Waals surface area (Å²) >= 11 is 3.51. The molecule has 1 aromatic heterocycles. The van der Waals surface area contributed by atoms with Crippen molar-refractivity contribution in [1.82, 2.24) is 4.98 Å². The van der Waals surface area contributed by atoms with Crippen molar-refractivity contribution in [1.29, 1.82) is 0 Å². The molecular weight excluding hydrogens is 300 g/mol. The SMILES string of the molecule is Cc1ccccc1Nc1ccnc2ccc(Br)cc12. The molecule has 1 heterocycles. The Morgan fingerprint density at radius 2 is 1.84 bits per heavy atom. The molecule has 0 fully saturated rings. The monoisotopic (exact) mass is 312 g/mol. The van der Waals surface area contributed by atoms with E-state index >= 15 is 0 Å². The molecule has 3 rings (SSSR count). The molecule has 0 aliphatic rings. The molecule has 0 spiro atoms. The Balaban J connectivity index is 2.10. The second-order valence-electron chi connectivity index (χ2n) is 4.46. The largest absolute Gasteiger partial charge is 0.355 e. The Morgan fingerprint density at radius 1 is 1.00 bits per heavy atom. The Hall–Kier alpha value is -1.87. The molecule has 0 aliphatic heterocycles. The van der Waals surface area contributed by atoms with Crippen LogP contribution in [0.4, 0.5) is 11.4 Å². The van der Waals surface area contributed by atoms with Gasteiger partial charge in [-0.05, 0) is 42.8 Å². The number of para-hydroxylation sites is 1. The molecule has 94 valence electrons. The summed E-state index contributed by atoms with van der Waals surface area (Å²) in [6, 6.07) is 16.4. The van der Waals surface area contributed by atoms with Gasteiger partial charge in [0.05, 0.1) is 5.52 Å². The zero-order valence-electron chi connectivity index (χ0n) is 10.5.